The van der Waals surface area contributed by atoms with Crippen molar-refractivity contribution < 1.29 is 9.53 Å². The molecule has 0 bridgehead atoms. The highest BCUT2D eigenvalue weighted by molar-refractivity contribution is 7.17. The minimum atomic E-state index is -0.348. The van der Waals surface area contributed by atoms with Gasteiger partial charge in [-0.2, -0.15) is 0 Å². The molecule has 5 nitrogen and oxygen atoms in total. The van der Waals surface area contributed by atoms with Crippen LogP contribution in [0.4, 0.5) is 10.9 Å². The van der Waals surface area contributed by atoms with E-state index < -0.39 is 0 Å². The van der Waals surface area contributed by atoms with Crippen LogP contribution in [0.2, 0.25) is 0 Å². The average molecular weight is 249 g/mol. The predicted molar refractivity (Wildman–Crippen MR) is 65.6 cm³/mol. The molecular formula is C11H11N3O2S. The number of ether oxygens (including phenoxy) is 1. The van der Waals surface area contributed by atoms with Crippen LogP contribution in [0.1, 0.15) is 16.6 Å². The average Bonchev–Trinajstić information content (AvgIpc) is 2.79. The molecular weight excluding hydrogens is 238 g/mol. The Morgan fingerprint density at radius 2 is 2.35 bits per heavy atom. The number of nitrogens with zero attached hydrogens (tertiary/aromatic N) is 2. The lowest BCUT2D eigenvalue weighted by molar-refractivity contribution is 0.0532. The first-order chi connectivity index (χ1) is 8.29. The van der Waals surface area contributed by atoms with Crippen LogP contribution in [-0.4, -0.2) is 22.5 Å². The number of carbonyl (C=O) groups excluding carboxylic acids is 1. The Kier molecular flexibility index (Phi) is 3.66. The quantitative estimate of drug-likeness (QED) is 0.843. The van der Waals surface area contributed by atoms with Crippen molar-refractivity contribution in [3.05, 3.63) is 35.5 Å². The standard InChI is InChI=1S/C11H11N3O2S/c1-2-16-10(15)8-7-13-11(17-8)14-9-5-3-4-6-12-9/h3-7H,2H2,1H3,(H,12,13,14). The third kappa shape index (κ3) is 3.01. The van der Waals surface area contributed by atoms with E-state index in [2.05, 4.69) is 15.3 Å². The van der Waals surface area contributed by atoms with E-state index in [0.29, 0.717) is 22.4 Å². The van der Waals surface area contributed by atoms with Gasteiger partial charge < -0.3 is 10.1 Å². The van der Waals surface area contributed by atoms with Crippen LogP contribution in [0.15, 0.2) is 30.6 Å². The fourth-order valence-corrected chi connectivity index (χ4v) is 1.89. The van der Waals surface area contributed by atoms with Gasteiger partial charge in [0, 0.05) is 6.20 Å². The molecule has 6 heteroatoms. The molecule has 1 N–H and O–H groups in total. The predicted octanol–water partition coefficient (Wildman–Crippen LogP) is 2.46. The maximum atomic E-state index is 11.4. The number of hydrogen-bond donors (Lipinski definition) is 1. The second-order valence-corrected chi connectivity index (χ2v) is 4.12. The lowest BCUT2D eigenvalue weighted by atomic mass is 10.5. The zero-order valence-electron chi connectivity index (χ0n) is 9.21. The Morgan fingerprint density at radius 3 is 3.06 bits per heavy atom. The third-order valence-electron chi connectivity index (χ3n) is 1.88. The van der Waals surface area contributed by atoms with Crippen molar-refractivity contribution in [1.29, 1.82) is 0 Å². The van der Waals surface area contributed by atoms with Crippen molar-refractivity contribution in [3.63, 3.8) is 0 Å². The highest BCUT2D eigenvalue weighted by Gasteiger charge is 2.11. The van der Waals surface area contributed by atoms with Gasteiger partial charge in [-0.25, -0.2) is 14.8 Å². The Balaban J connectivity index is 2.06. The minimum absolute atomic E-state index is 0.348. The van der Waals surface area contributed by atoms with E-state index in [4.69, 9.17) is 4.74 Å². The van der Waals surface area contributed by atoms with Gasteiger partial charge in [0.15, 0.2) is 5.13 Å². The number of carbonyl (C=O) groups is 1. The Morgan fingerprint density at radius 1 is 1.47 bits per heavy atom. The molecule has 0 saturated carbocycles. The number of rotatable bonds is 4. The first-order valence-electron chi connectivity index (χ1n) is 5.10. The molecule has 0 unspecified atom stereocenters. The van der Waals surface area contributed by atoms with E-state index in [-0.39, 0.29) is 5.97 Å². The van der Waals surface area contributed by atoms with E-state index in [1.165, 1.54) is 17.5 Å². The summed E-state index contributed by atoms with van der Waals surface area (Å²) in [4.78, 5) is 20.1. The van der Waals surface area contributed by atoms with E-state index in [1.54, 1.807) is 13.1 Å². The van der Waals surface area contributed by atoms with Crippen LogP contribution >= 0.6 is 11.3 Å². The normalized spacial score (nSPS) is 9.94. The number of nitrogens with one attached hydrogen (secondary N) is 1. The van der Waals surface area contributed by atoms with Gasteiger partial charge in [0.1, 0.15) is 10.7 Å². The summed E-state index contributed by atoms with van der Waals surface area (Å²) in [7, 11) is 0. The first kappa shape index (κ1) is 11.5. The molecule has 2 heterocycles. The zero-order chi connectivity index (χ0) is 12.1. The van der Waals surface area contributed by atoms with E-state index in [9.17, 15) is 4.79 Å². The second-order valence-electron chi connectivity index (χ2n) is 3.09. The minimum Gasteiger partial charge on any atom is -0.462 e. The fourth-order valence-electron chi connectivity index (χ4n) is 1.17. The van der Waals surface area contributed by atoms with Crippen molar-refractivity contribution >= 4 is 28.3 Å². The van der Waals surface area contributed by atoms with Gasteiger partial charge in [-0.1, -0.05) is 17.4 Å². The Labute approximate surface area is 102 Å². The molecule has 0 saturated heterocycles. The molecule has 0 aliphatic heterocycles. The summed E-state index contributed by atoms with van der Waals surface area (Å²) in [6.45, 7) is 2.13. The van der Waals surface area contributed by atoms with Gasteiger partial charge in [-0.05, 0) is 19.1 Å². The topological polar surface area (TPSA) is 64.1 Å². The van der Waals surface area contributed by atoms with Crippen LogP contribution in [0.25, 0.3) is 0 Å². The molecule has 0 fully saturated rings. The van der Waals surface area contributed by atoms with Crippen molar-refractivity contribution in [2.45, 2.75) is 6.92 Å². The summed E-state index contributed by atoms with van der Waals surface area (Å²) in [5.74, 6) is 0.344. The van der Waals surface area contributed by atoms with Crippen molar-refractivity contribution in [2.75, 3.05) is 11.9 Å². The molecule has 0 radical (unpaired) electrons. The van der Waals surface area contributed by atoms with Crippen molar-refractivity contribution in [3.8, 4) is 0 Å². The number of hydrogen-bond acceptors (Lipinski definition) is 6. The summed E-state index contributed by atoms with van der Waals surface area (Å²) in [6.07, 6.45) is 3.18. The van der Waals surface area contributed by atoms with Gasteiger partial charge in [0.2, 0.25) is 0 Å². The number of aromatic nitrogens is 2. The molecule has 0 amide bonds. The largest absolute Gasteiger partial charge is 0.462 e. The van der Waals surface area contributed by atoms with Crippen LogP contribution in [-0.2, 0) is 4.74 Å². The fraction of sp³-hybridized carbons (Fsp3) is 0.182. The van der Waals surface area contributed by atoms with Crippen LogP contribution < -0.4 is 5.32 Å². The lowest BCUT2D eigenvalue weighted by Gasteiger charge is -1.99. The van der Waals surface area contributed by atoms with Crippen molar-refractivity contribution in [1.82, 2.24) is 9.97 Å². The lowest BCUT2D eigenvalue weighted by Crippen LogP contribution is -2.01. The zero-order valence-corrected chi connectivity index (χ0v) is 10.0. The maximum Gasteiger partial charge on any atom is 0.350 e. The highest BCUT2D eigenvalue weighted by atomic mass is 32.1. The highest BCUT2D eigenvalue weighted by Crippen LogP contribution is 2.21. The van der Waals surface area contributed by atoms with E-state index >= 15 is 0 Å². The molecule has 0 aromatic carbocycles. The summed E-state index contributed by atoms with van der Waals surface area (Å²) in [5.41, 5.74) is 0. The van der Waals surface area contributed by atoms with E-state index in [1.807, 2.05) is 18.2 Å². The molecule has 17 heavy (non-hydrogen) atoms. The molecule has 0 aliphatic carbocycles. The van der Waals surface area contributed by atoms with Gasteiger partial charge in [0.05, 0.1) is 12.8 Å². The van der Waals surface area contributed by atoms with Crippen molar-refractivity contribution in [2.24, 2.45) is 0 Å². The summed E-state index contributed by atoms with van der Waals surface area (Å²) in [5, 5.41) is 3.63. The van der Waals surface area contributed by atoms with Gasteiger partial charge in [-0.15, -0.1) is 0 Å². The van der Waals surface area contributed by atoms with Gasteiger partial charge in [-0.3, -0.25) is 0 Å². The maximum absolute atomic E-state index is 11.4. The second kappa shape index (κ2) is 5.40. The smallest absolute Gasteiger partial charge is 0.350 e. The monoisotopic (exact) mass is 249 g/mol. The van der Waals surface area contributed by atoms with Gasteiger partial charge in [0.25, 0.3) is 0 Å². The summed E-state index contributed by atoms with van der Waals surface area (Å²) >= 11 is 1.24. The molecule has 2 aromatic heterocycles. The number of pyridine rings is 1. The Hall–Kier alpha value is -1.95. The molecule has 88 valence electrons. The van der Waals surface area contributed by atoms with Gasteiger partial charge >= 0.3 is 5.97 Å². The number of esters is 1. The molecule has 0 aliphatic rings. The summed E-state index contributed by atoms with van der Waals surface area (Å²) in [6, 6.07) is 5.53. The van der Waals surface area contributed by atoms with Crippen LogP contribution in [0.3, 0.4) is 0 Å². The Bertz CT molecular complexity index is 498. The number of anilines is 2. The third-order valence-corrected chi connectivity index (χ3v) is 2.78. The molecule has 0 atom stereocenters. The van der Waals surface area contributed by atoms with Crippen LogP contribution in [0, 0.1) is 0 Å². The van der Waals surface area contributed by atoms with Crippen LogP contribution in [0.5, 0.6) is 0 Å². The van der Waals surface area contributed by atoms with E-state index in [0.717, 1.165) is 0 Å². The number of thiazole rings is 1. The first-order valence-corrected chi connectivity index (χ1v) is 5.92. The SMILES string of the molecule is CCOC(=O)c1cnc(Nc2ccccn2)s1. The summed E-state index contributed by atoms with van der Waals surface area (Å²) < 4.78 is 4.88. The molecule has 2 aromatic rings. The molecule has 2 rings (SSSR count). The molecule has 0 spiro atoms.